The molecule has 0 unspecified atom stereocenters. The Hall–Kier alpha value is -1.95. The number of carbonyl (C=O) groups excluding carboxylic acids is 1. The molecule has 0 spiro atoms. The molecule has 0 fully saturated rings. The molecular formula is C16H13AsClN5OS. The average molecular weight is 434 g/mol. The van der Waals surface area contributed by atoms with Gasteiger partial charge in [0.15, 0.2) is 0 Å². The maximum absolute atomic E-state index is 12.1. The van der Waals surface area contributed by atoms with Crippen molar-refractivity contribution >= 4 is 56.6 Å². The van der Waals surface area contributed by atoms with Gasteiger partial charge in [-0.05, 0) is 12.1 Å². The van der Waals surface area contributed by atoms with Crippen molar-refractivity contribution in [1.82, 2.24) is 20.3 Å². The van der Waals surface area contributed by atoms with Gasteiger partial charge in [-0.2, -0.15) is 0 Å². The summed E-state index contributed by atoms with van der Waals surface area (Å²) in [5.74, 6) is 0.415. The van der Waals surface area contributed by atoms with Gasteiger partial charge < -0.3 is 0 Å². The minimum absolute atomic E-state index is 0.136. The van der Waals surface area contributed by atoms with Crippen molar-refractivity contribution in [3.05, 3.63) is 53.6 Å². The van der Waals surface area contributed by atoms with Crippen molar-refractivity contribution in [1.29, 1.82) is 0 Å². The molecule has 3 aromatic heterocycles. The van der Waals surface area contributed by atoms with Gasteiger partial charge in [-0.1, -0.05) is 11.6 Å². The fourth-order valence-corrected chi connectivity index (χ4v) is 3.21. The van der Waals surface area contributed by atoms with E-state index in [1.54, 1.807) is 43.0 Å². The Labute approximate surface area is 162 Å². The molecule has 3 aromatic rings. The van der Waals surface area contributed by atoms with E-state index in [9.17, 15) is 4.79 Å². The van der Waals surface area contributed by atoms with E-state index in [0.717, 1.165) is 15.6 Å². The molecule has 2 N–H and O–H groups in total. The molecule has 126 valence electrons. The van der Waals surface area contributed by atoms with Crippen LogP contribution in [0.4, 0.5) is 10.9 Å². The predicted octanol–water partition coefficient (Wildman–Crippen LogP) is 3.31. The fraction of sp³-hybridized carbons (Fsp3) is 0.125. The van der Waals surface area contributed by atoms with E-state index in [1.807, 2.05) is 0 Å². The molecule has 0 bridgehead atoms. The van der Waals surface area contributed by atoms with E-state index in [0.29, 0.717) is 28.1 Å². The fourth-order valence-electron chi connectivity index (χ4n) is 2.01. The van der Waals surface area contributed by atoms with Crippen LogP contribution in [-0.2, 0) is 0 Å². The minimum atomic E-state index is -0.136. The van der Waals surface area contributed by atoms with Crippen molar-refractivity contribution in [2.75, 3.05) is 11.9 Å². The molecule has 0 aliphatic rings. The summed E-state index contributed by atoms with van der Waals surface area (Å²) in [4.78, 5) is 25.6. The van der Waals surface area contributed by atoms with Crippen molar-refractivity contribution < 1.29 is 4.79 Å². The van der Waals surface area contributed by atoms with Gasteiger partial charge in [0.05, 0.1) is 5.02 Å². The van der Waals surface area contributed by atoms with Crippen LogP contribution < -0.4 is 10.6 Å². The summed E-state index contributed by atoms with van der Waals surface area (Å²) < 4.78 is 0. The molecule has 0 atom stereocenters. The van der Waals surface area contributed by atoms with Crippen LogP contribution in [0.25, 0.3) is 10.4 Å². The summed E-state index contributed by atoms with van der Waals surface area (Å²) in [5, 5.41) is 7.93. The summed E-state index contributed by atoms with van der Waals surface area (Å²) in [6.45, 7) is 0.614. The first-order chi connectivity index (χ1) is 12.2. The average Bonchev–Trinajstić information content (AvgIpc) is 3.10. The van der Waals surface area contributed by atoms with Crippen molar-refractivity contribution in [3.8, 4) is 10.4 Å². The number of nitrogens with one attached hydrogen (secondary N) is 2. The number of amides is 1. The third kappa shape index (κ3) is 4.57. The molecule has 0 saturated carbocycles. The first-order valence-electron chi connectivity index (χ1n) is 7.35. The predicted molar refractivity (Wildman–Crippen MR) is 101 cm³/mol. The summed E-state index contributed by atoms with van der Waals surface area (Å²) in [6.07, 6.45) is 6.64. The Morgan fingerprint density at radius 2 is 2.16 bits per heavy atom. The second-order valence-corrected chi connectivity index (χ2v) is 7.31. The third-order valence-electron chi connectivity index (χ3n) is 3.17. The molecule has 3 rings (SSSR count). The van der Waals surface area contributed by atoms with Crippen LogP contribution in [0.1, 0.15) is 10.4 Å². The van der Waals surface area contributed by atoms with Crippen LogP contribution in [-0.4, -0.2) is 44.3 Å². The molecular weight excluding hydrogens is 421 g/mol. The first kappa shape index (κ1) is 17.9. The summed E-state index contributed by atoms with van der Waals surface area (Å²) >= 11 is 9.96. The number of carbonyl (C=O) groups is 1. The quantitative estimate of drug-likeness (QED) is 0.583. The molecule has 0 aliphatic heterocycles. The molecule has 0 aromatic carbocycles. The van der Waals surface area contributed by atoms with Gasteiger partial charge in [0, 0.05) is 6.20 Å². The Bertz CT molecular complexity index is 888. The van der Waals surface area contributed by atoms with Gasteiger partial charge in [0.25, 0.3) is 0 Å². The van der Waals surface area contributed by atoms with E-state index in [4.69, 9.17) is 11.6 Å². The van der Waals surface area contributed by atoms with Crippen molar-refractivity contribution in [2.45, 2.75) is 5.21 Å². The topological polar surface area (TPSA) is 79.8 Å². The molecule has 2 radical (unpaired) electrons. The van der Waals surface area contributed by atoms with Crippen molar-refractivity contribution in [3.63, 3.8) is 0 Å². The Morgan fingerprint density at radius 3 is 2.96 bits per heavy atom. The maximum atomic E-state index is 12.1. The second-order valence-electron chi connectivity index (χ2n) is 4.93. The number of hydrogen-bond acceptors (Lipinski definition) is 6. The number of aromatic nitrogens is 3. The monoisotopic (exact) mass is 433 g/mol. The Balaban J connectivity index is 1.78. The molecule has 6 nitrogen and oxygen atoms in total. The van der Waals surface area contributed by atoms with Crippen molar-refractivity contribution in [2.24, 2.45) is 0 Å². The van der Waals surface area contributed by atoms with E-state index < -0.39 is 0 Å². The van der Waals surface area contributed by atoms with Crippen LogP contribution in [0.15, 0.2) is 43.0 Å². The first-order valence-corrected chi connectivity index (χ1v) is 9.87. The summed E-state index contributed by atoms with van der Waals surface area (Å²) in [5.41, 5.74) is 1.35. The van der Waals surface area contributed by atoms with Gasteiger partial charge >= 0.3 is 123 Å². The molecule has 1 amide bonds. The summed E-state index contributed by atoms with van der Waals surface area (Å²) in [7, 11) is 0. The molecule has 9 heteroatoms. The SMILES string of the molecule is O=C(NCC[As])c1cncc(-c2cnc(Nc3ncccc3Cl)s2)c1. The van der Waals surface area contributed by atoms with Gasteiger partial charge in [0.1, 0.15) is 0 Å². The molecule has 0 aliphatic carbocycles. The van der Waals surface area contributed by atoms with Crippen LogP contribution in [0.3, 0.4) is 0 Å². The van der Waals surface area contributed by atoms with E-state index in [-0.39, 0.29) is 5.91 Å². The van der Waals surface area contributed by atoms with Crippen LogP contribution in [0.5, 0.6) is 0 Å². The van der Waals surface area contributed by atoms with E-state index in [2.05, 4.69) is 42.4 Å². The number of hydrogen-bond donors (Lipinski definition) is 2. The van der Waals surface area contributed by atoms with Gasteiger partial charge in [-0.15, -0.1) is 0 Å². The van der Waals surface area contributed by atoms with Crippen LogP contribution >= 0.6 is 22.9 Å². The van der Waals surface area contributed by atoms with E-state index in [1.165, 1.54) is 11.3 Å². The van der Waals surface area contributed by atoms with Gasteiger partial charge in [-0.3, -0.25) is 0 Å². The molecule has 3 heterocycles. The normalized spacial score (nSPS) is 10.5. The zero-order valence-corrected chi connectivity index (χ0v) is 16.4. The number of nitrogens with zero attached hydrogens (tertiary/aromatic N) is 3. The van der Waals surface area contributed by atoms with Crippen LogP contribution in [0.2, 0.25) is 10.2 Å². The van der Waals surface area contributed by atoms with E-state index >= 15 is 0 Å². The number of halogens is 1. The Morgan fingerprint density at radius 1 is 1.28 bits per heavy atom. The van der Waals surface area contributed by atoms with Crippen LogP contribution in [0, 0.1) is 0 Å². The molecule has 25 heavy (non-hydrogen) atoms. The van der Waals surface area contributed by atoms with Gasteiger partial charge in [-0.25, -0.2) is 4.98 Å². The number of pyridine rings is 2. The number of thiazole rings is 1. The number of rotatable bonds is 6. The Kier molecular flexibility index (Phi) is 6.02. The third-order valence-corrected chi connectivity index (χ3v) is 4.91. The standard InChI is InChI=1S/C16H13AsClN5OS/c17-3-5-21-15(24)11-6-10(7-19-8-11)13-9-22-16(25-13)23-14-12(18)2-1-4-20-14/h1-2,4,6-9H,3,5H2,(H,21,24)(H,20,22,23). The number of anilines is 2. The van der Waals surface area contributed by atoms with Gasteiger partial charge in [0.2, 0.25) is 0 Å². The zero-order chi connectivity index (χ0) is 17.6. The second kappa shape index (κ2) is 8.43. The molecule has 0 saturated heterocycles. The summed E-state index contributed by atoms with van der Waals surface area (Å²) in [6, 6.07) is 5.32. The zero-order valence-electron chi connectivity index (χ0n) is 12.9.